The first-order valence-electron chi connectivity index (χ1n) is 11.5. The van der Waals surface area contributed by atoms with Crippen LogP contribution in [0.3, 0.4) is 0 Å². The van der Waals surface area contributed by atoms with Crippen LogP contribution in [-0.4, -0.2) is 50.5 Å². The number of aromatic nitrogens is 4. The Hall–Kier alpha value is -2.07. The Balaban J connectivity index is 1.36. The van der Waals surface area contributed by atoms with Crippen molar-refractivity contribution in [3.8, 4) is 10.6 Å². The molecule has 3 aliphatic rings. The number of thiazole rings is 1. The van der Waals surface area contributed by atoms with Crippen LogP contribution < -0.4 is 10.6 Å². The van der Waals surface area contributed by atoms with Crippen molar-refractivity contribution in [1.29, 1.82) is 0 Å². The molecule has 174 valence electrons. The summed E-state index contributed by atoms with van der Waals surface area (Å²) >= 11 is 3.37. The predicted molar refractivity (Wildman–Crippen MR) is 131 cm³/mol. The van der Waals surface area contributed by atoms with Crippen molar-refractivity contribution in [2.75, 3.05) is 29.2 Å². The van der Waals surface area contributed by atoms with Gasteiger partial charge in [-0.3, -0.25) is 4.98 Å². The van der Waals surface area contributed by atoms with Gasteiger partial charge in [0.25, 0.3) is 5.92 Å². The molecule has 3 saturated carbocycles. The normalized spacial score (nSPS) is 25.3. The molecule has 3 fully saturated rings. The summed E-state index contributed by atoms with van der Waals surface area (Å²) in [7, 11) is 0. The highest BCUT2D eigenvalue weighted by Crippen LogP contribution is 2.64. The van der Waals surface area contributed by atoms with Crippen molar-refractivity contribution in [1.82, 2.24) is 19.9 Å². The highest BCUT2D eigenvalue weighted by Gasteiger charge is 2.71. The van der Waals surface area contributed by atoms with E-state index in [1.807, 2.05) is 19.2 Å². The van der Waals surface area contributed by atoms with Crippen molar-refractivity contribution in [2.45, 2.75) is 50.5 Å². The monoisotopic (exact) mass is 488 g/mol. The third kappa shape index (κ3) is 3.84. The van der Waals surface area contributed by atoms with E-state index in [1.54, 1.807) is 23.1 Å². The lowest BCUT2D eigenvalue weighted by Gasteiger charge is -2.20. The maximum Gasteiger partial charge on any atom is 0.254 e. The van der Waals surface area contributed by atoms with Gasteiger partial charge in [0.15, 0.2) is 0 Å². The second-order valence-electron chi connectivity index (χ2n) is 9.31. The molecule has 0 radical (unpaired) electrons. The van der Waals surface area contributed by atoms with Gasteiger partial charge < -0.3 is 10.6 Å². The van der Waals surface area contributed by atoms with Crippen molar-refractivity contribution < 1.29 is 8.78 Å². The Morgan fingerprint density at radius 1 is 1.18 bits per heavy atom. The number of fused-ring (bicyclic) bond motifs is 2. The van der Waals surface area contributed by atoms with E-state index in [-0.39, 0.29) is 6.04 Å². The fourth-order valence-corrected chi connectivity index (χ4v) is 6.41. The van der Waals surface area contributed by atoms with E-state index in [1.165, 1.54) is 12.8 Å². The summed E-state index contributed by atoms with van der Waals surface area (Å²) in [6.45, 7) is 2.73. The minimum Gasteiger partial charge on any atom is -0.367 e. The molecule has 0 saturated heterocycles. The Bertz CT molecular complexity index is 1200. The van der Waals surface area contributed by atoms with E-state index in [0.717, 1.165) is 44.5 Å². The minimum absolute atomic E-state index is 0.00945. The first kappa shape index (κ1) is 21.5. The van der Waals surface area contributed by atoms with Crippen molar-refractivity contribution in [3.05, 3.63) is 23.7 Å². The summed E-state index contributed by atoms with van der Waals surface area (Å²) in [5.41, 5.74) is 3.74. The van der Waals surface area contributed by atoms with Gasteiger partial charge in [-0.1, -0.05) is 0 Å². The molecule has 10 heteroatoms. The average Bonchev–Trinajstić information content (AvgIpc) is 3.55. The summed E-state index contributed by atoms with van der Waals surface area (Å²) in [4.78, 5) is 19.1. The summed E-state index contributed by atoms with van der Waals surface area (Å²) in [5.74, 6) is -0.764. The number of hydrogen-bond acceptors (Lipinski definition) is 8. The minimum atomic E-state index is -2.48. The zero-order valence-electron chi connectivity index (χ0n) is 18.6. The van der Waals surface area contributed by atoms with Crippen molar-refractivity contribution in [3.63, 3.8) is 0 Å². The van der Waals surface area contributed by atoms with Gasteiger partial charge in [0, 0.05) is 42.3 Å². The number of thioether (sulfide) groups is 1. The van der Waals surface area contributed by atoms with E-state index < -0.39 is 17.8 Å². The van der Waals surface area contributed by atoms with E-state index in [0.29, 0.717) is 30.5 Å². The van der Waals surface area contributed by atoms with Crippen LogP contribution in [0.4, 0.5) is 20.5 Å². The fraction of sp³-hybridized carbons (Fsp3) is 0.565. The lowest BCUT2D eigenvalue weighted by atomic mass is 10.1. The molecule has 0 amide bonds. The van der Waals surface area contributed by atoms with Gasteiger partial charge in [-0.05, 0) is 44.9 Å². The number of nitrogens with one attached hydrogen (secondary N) is 2. The van der Waals surface area contributed by atoms with Crippen LogP contribution in [-0.2, 0) is 0 Å². The highest BCUT2D eigenvalue weighted by atomic mass is 32.2. The van der Waals surface area contributed by atoms with Crippen molar-refractivity contribution in [2.24, 2.45) is 11.8 Å². The quantitative estimate of drug-likeness (QED) is 0.402. The molecule has 6 rings (SSSR count). The molecule has 6 nitrogen and oxygen atoms in total. The first-order valence-corrected chi connectivity index (χ1v) is 13.7. The van der Waals surface area contributed by atoms with Gasteiger partial charge in [0.2, 0.25) is 5.95 Å². The Morgan fingerprint density at radius 2 is 1.97 bits per heavy atom. The number of alkyl halides is 2. The Kier molecular flexibility index (Phi) is 5.21. The second kappa shape index (κ2) is 8.01. The van der Waals surface area contributed by atoms with Gasteiger partial charge in [-0.15, -0.1) is 11.3 Å². The van der Waals surface area contributed by atoms with Crippen molar-refractivity contribution >= 4 is 45.1 Å². The molecule has 0 aromatic carbocycles. The van der Waals surface area contributed by atoms with Gasteiger partial charge >= 0.3 is 0 Å². The average molecular weight is 489 g/mol. The van der Waals surface area contributed by atoms with E-state index in [4.69, 9.17) is 15.0 Å². The van der Waals surface area contributed by atoms with Crippen LogP contribution in [0.1, 0.15) is 43.0 Å². The molecule has 3 aromatic rings. The lowest BCUT2D eigenvalue weighted by molar-refractivity contribution is 0.0710. The molecule has 0 spiro atoms. The van der Waals surface area contributed by atoms with E-state index >= 15 is 0 Å². The number of rotatable bonds is 8. The standard InChI is InChI=1S/C23H26F2N6S2/c1-11-17(21-30-19-16(33-21)5-6-26-18(19)12-3-4-12)20(31-22(28-11)27-7-8-32-2)29-13-9-14-15(10-13)23(14,24)25/h5-6,12-15H,3-4,7-10H2,1-2H3,(H2,27,28,29,31). The zero-order chi connectivity index (χ0) is 22.7. The molecule has 33 heavy (non-hydrogen) atoms. The summed E-state index contributed by atoms with van der Waals surface area (Å²) in [6.07, 6.45) is 7.21. The summed E-state index contributed by atoms with van der Waals surface area (Å²) in [5, 5.41) is 7.63. The topological polar surface area (TPSA) is 75.6 Å². The second-order valence-corrected chi connectivity index (χ2v) is 11.3. The van der Waals surface area contributed by atoms with Crippen LogP contribution in [0.15, 0.2) is 12.3 Å². The lowest BCUT2D eigenvalue weighted by Crippen LogP contribution is -2.23. The van der Waals surface area contributed by atoms with Gasteiger partial charge in [-0.2, -0.15) is 16.7 Å². The van der Waals surface area contributed by atoms with Gasteiger partial charge in [0.05, 0.1) is 21.7 Å². The number of halogens is 2. The van der Waals surface area contributed by atoms with E-state index in [9.17, 15) is 8.78 Å². The smallest absolute Gasteiger partial charge is 0.254 e. The number of aryl methyl sites for hydroxylation is 1. The number of hydrogen-bond donors (Lipinski definition) is 2. The number of anilines is 2. The van der Waals surface area contributed by atoms with Crippen LogP contribution in [0.2, 0.25) is 0 Å². The molecular weight excluding hydrogens is 462 g/mol. The van der Waals surface area contributed by atoms with Crippen LogP contribution in [0.25, 0.3) is 20.8 Å². The van der Waals surface area contributed by atoms with Crippen LogP contribution >= 0.6 is 23.1 Å². The number of pyridine rings is 1. The third-order valence-corrected chi connectivity index (χ3v) is 8.63. The molecule has 2 unspecified atom stereocenters. The predicted octanol–water partition coefficient (Wildman–Crippen LogP) is 5.56. The van der Waals surface area contributed by atoms with Crippen LogP contribution in [0.5, 0.6) is 0 Å². The SMILES string of the molecule is CSCCNc1nc(C)c(-c2nc3c(C4CC4)nccc3s2)c(NC2CC3C(C2)C3(F)F)n1. The van der Waals surface area contributed by atoms with Gasteiger partial charge in [0.1, 0.15) is 16.3 Å². The Morgan fingerprint density at radius 3 is 2.70 bits per heavy atom. The zero-order valence-corrected chi connectivity index (χ0v) is 20.2. The summed E-state index contributed by atoms with van der Waals surface area (Å²) < 4.78 is 28.6. The molecule has 3 heterocycles. The largest absolute Gasteiger partial charge is 0.367 e. The molecule has 0 aliphatic heterocycles. The molecule has 3 aromatic heterocycles. The molecule has 2 atom stereocenters. The maximum absolute atomic E-state index is 13.7. The van der Waals surface area contributed by atoms with Gasteiger partial charge in [-0.25, -0.2) is 18.7 Å². The molecule has 2 N–H and O–H groups in total. The molecule has 3 aliphatic carbocycles. The molecular formula is C23H26F2N6S2. The number of nitrogens with zero attached hydrogens (tertiary/aromatic N) is 4. The molecule has 0 bridgehead atoms. The summed E-state index contributed by atoms with van der Waals surface area (Å²) in [6, 6.07) is 2.00. The highest BCUT2D eigenvalue weighted by molar-refractivity contribution is 7.98. The maximum atomic E-state index is 13.7. The van der Waals surface area contributed by atoms with E-state index in [2.05, 4.69) is 21.9 Å². The third-order valence-electron chi connectivity index (χ3n) is 6.98. The fourth-order valence-electron chi connectivity index (χ4n) is 5.04. The van der Waals surface area contributed by atoms with Crippen LogP contribution in [0, 0.1) is 18.8 Å². The first-order chi connectivity index (χ1) is 16.0. The Labute approximate surface area is 199 Å².